The maximum Gasteiger partial charge on any atom is 0.167 e. The number of nitrogens with two attached hydrogens (primary N) is 1. The summed E-state index contributed by atoms with van der Waals surface area (Å²) in [5, 5.41) is 1.96. The van der Waals surface area contributed by atoms with Gasteiger partial charge in [-0.1, -0.05) is 32.0 Å². The van der Waals surface area contributed by atoms with Crippen molar-refractivity contribution in [3.63, 3.8) is 0 Å². The van der Waals surface area contributed by atoms with Gasteiger partial charge in [-0.3, -0.25) is 9.78 Å². The van der Waals surface area contributed by atoms with Crippen molar-refractivity contribution in [1.82, 2.24) is 4.98 Å². The summed E-state index contributed by atoms with van der Waals surface area (Å²) in [7, 11) is 0. The summed E-state index contributed by atoms with van der Waals surface area (Å²) in [6.45, 7) is 4.62. The van der Waals surface area contributed by atoms with Crippen LogP contribution < -0.4 is 5.73 Å². The summed E-state index contributed by atoms with van der Waals surface area (Å²) in [5.41, 5.74) is 6.50. The first-order chi connectivity index (χ1) is 9.13. The Hall–Kier alpha value is -1.74. The standard InChI is InChI=1S/C16H20N2O/c1-11(2)8-13(9-17)16(19)14-5-3-4-12-6-7-18-10-15(12)14/h3-7,10-11,13H,8-9,17H2,1-2H3. The summed E-state index contributed by atoms with van der Waals surface area (Å²) < 4.78 is 0. The molecule has 1 aromatic carbocycles. The molecule has 1 heterocycles. The number of hydrogen-bond acceptors (Lipinski definition) is 3. The average molecular weight is 256 g/mol. The second-order valence-corrected chi connectivity index (χ2v) is 5.33. The van der Waals surface area contributed by atoms with Crippen LogP contribution in [0.5, 0.6) is 0 Å². The molecule has 2 rings (SSSR count). The molecular formula is C16H20N2O. The van der Waals surface area contributed by atoms with Gasteiger partial charge in [0.05, 0.1) is 0 Å². The SMILES string of the molecule is CC(C)CC(CN)C(=O)c1cccc2ccncc12. The Morgan fingerprint density at radius 2 is 2.11 bits per heavy atom. The van der Waals surface area contributed by atoms with E-state index in [-0.39, 0.29) is 11.7 Å². The van der Waals surface area contributed by atoms with Crippen molar-refractivity contribution in [1.29, 1.82) is 0 Å². The molecule has 0 saturated heterocycles. The van der Waals surface area contributed by atoms with Gasteiger partial charge in [-0.05, 0) is 23.8 Å². The molecule has 0 aliphatic carbocycles. The Kier molecular flexibility index (Phi) is 4.27. The zero-order valence-electron chi connectivity index (χ0n) is 11.5. The minimum atomic E-state index is -0.106. The number of pyridine rings is 1. The van der Waals surface area contributed by atoms with Crippen molar-refractivity contribution in [3.05, 3.63) is 42.2 Å². The number of ketones is 1. The topological polar surface area (TPSA) is 56.0 Å². The fourth-order valence-electron chi connectivity index (χ4n) is 2.43. The monoisotopic (exact) mass is 256 g/mol. The molecule has 0 saturated carbocycles. The quantitative estimate of drug-likeness (QED) is 0.836. The summed E-state index contributed by atoms with van der Waals surface area (Å²) in [6, 6.07) is 7.70. The molecule has 0 fully saturated rings. The first-order valence-electron chi connectivity index (χ1n) is 6.70. The highest BCUT2D eigenvalue weighted by Crippen LogP contribution is 2.23. The molecule has 2 N–H and O–H groups in total. The van der Waals surface area contributed by atoms with Gasteiger partial charge in [0, 0.05) is 35.8 Å². The van der Waals surface area contributed by atoms with E-state index in [9.17, 15) is 4.79 Å². The minimum Gasteiger partial charge on any atom is -0.330 e. The van der Waals surface area contributed by atoms with Crippen LogP contribution in [0.4, 0.5) is 0 Å². The van der Waals surface area contributed by atoms with E-state index in [1.54, 1.807) is 12.4 Å². The molecule has 100 valence electrons. The van der Waals surface area contributed by atoms with Crippen molar-refractivity contribution < 1.29 is 4.79 Å². The van der Waals surface area contributed by atoms with E-state index < -0.39 is 0 Å². The molecule has 19 heavy (non-hydrogen) atoms. The van der Waals surface area contributed by atoms with E-state index in [0.29, 0.717) is 12.5 Å². The molecule has 3 nitrogen and oxygen atoms in total. The zero-order chi connectivity index (χ0) is 13.8. The van der Waals surface area contributed by atoms with Gasteiger partial charge in [-0.2, -0.15) is 0 Å². The molecule has 0 aliphatic heterocycles. The molecule has 0 bridgehead atoms. The highest BCUT2D eigenvalue weighted by atomic mass is 16.1. The van der Waals surface area contributed by atoms with Crippen molar-refractivity contribution in [3.8, 4) is 0 Å². The van der Waals surface area contributed by atoms with E-state index in [0.717, 1.165) is 22.8 Å². The van der Waals surface area contributed by atoms with E-state index >= 15 is 0 Å². The van der Waals surface area contributed by atoms with Gasteiger partial charge in [0.2, 0.25) is 0 Å². The van der Waals surface area contributed by atoms with Gasteiger partial charge in [-0.25, -0.2) is 0 Å². The van der Waals surface area contributed by atoms with Crippen LogP contribution in [-0.2, 0) is 0 Å². The minimum absolute atomic E-state index is 0.106. The Labute approximate surface area is 113 Å². The van der Waals surface area contributed by atoms with Crippen LogP contribution in [0.25, 0.3) is 10.8 Å². The number of rotatable bonds is 5. The summed E-state index contributed by atoms with van der Waals surface area (Å²) in [4.78, 5) is 16.7. The molecule has 1 aromatic heterocycles. The molecule has 0 amide bonds. The van der Waals surface area contributed by atoms with Crippen LogP contribution in [0, 0.1) is 11.8 Å². The number of aromatic nitrogens is 1. The van der Waals surface area contributed by atoms with Crippen LogP contribution >= 0.6 is 0 Å². The lowest BCUT2D eigenvalue weighted by molar-refractivity contribution is 0.0910. The van der Waals surface area contributed by atoms with E-state index in [2.05, 4.69) is 18.8 Å². The Morgan fingerprint density at radius 3 is 2.79 bits per heavy atom. The van der Waals surface area contributed by atoms with Crippen LogP contribution in [0.1, 0.15) is 30.6 Å². The molecule has 3 heteroatoms. The fraction of sp³-hybridized carbons (Fsp3) is 0.375. The third-order valence-corrected chi connectivity index (χ3v) is 3.36. The molecule has 2 aromatic rings. The largest absolute Gasteiger partial charge is 0.330 e. The third kappa shape index (κ3) is 2.99. The van der Waals surface area contributed by atoms with E-state index in [1.165, 1.54) is 0 Å². The van der Waals surface area contributed by atoms with Gasteiger partial charge >= 0.3 is 0 Å². The van der Waals surface area contributed by atoms with Crippen molar-refractivity contribution >= 4 is 16.6 Å². The number of hydrogen-bond donors (Lipinski definition) is 1. The molecule has 0 spiro atoms. The van der Waals surface area contributed by atoms with Gasteiger partial charge in [-0.15, -0.1) is 0 Å². The summed E-state index contributed by atoms with van der Waals surface area (Å²) >= 11 is 0. The van der Waals surface area contributed by atoms with Gasteiger partial charge < -0.3 is 5.73 Å². The number of carbonyl (C=O) groups excluding carboxylic acids is 1. The van der Waals surface area contributed by atoms with Crippen molar-refractivity contribution in [2.24, 2.45) is 17.6 Å². The molecular weight excluding hydrogens is 236 g/mol. The summed E-state index contributed by atoms with van der Waals surface area (Å²) in [6.07, 6.45) is 4.32. The number of benzene rings is 1. The lowest BCUT2D eigenvalue weighted by Crippen LogP contribution is -2.25. The first kappa shape index (κ1) is 13.7. The third-order valence-electron chi connectivity index (χ3n) is 3.36. The van der Waals surface area contributed by atoms with E-state index in [1.807, 2.05) is 24.3 Å². The second kappa shape index (κ2) is 5.93. The Morgan fingerprint density at radius 1 is 1.32 bits per heavy atom. The van der Waals surface area contributed by atoms with Crippen LogP contribution in [0.2, 0.25) is 0 Å². The fourth-order valence-corrected chi connectivity index (χ4v) is 2.43. The lowest BCUT2D eigenvalue weighted by Gasteiger charge is -2.16. The van der Waals surface area contributed by atoms with Gasteiger partial charge in [0.25, 0.3) is 0 Å². The Balaban J connectivity index is 2.40. The Bertz CT molecular complexity index is 572. The highest BCUT2D eigenvalue weighted by molar-refractivity contribution is 6.08. The smallest absolute Gasteiger partial charge is 0.167 e. The number of nitrogens with zero attached hydrogens (tertiary/aromatic N) is 1. The zero-order valence-corrected chi connectivity index (χ0v) is 11.5. The maximum absolute atomic E-state index is 12.6. The van der Waals surface area contributed by atoms with Crippen LogP contribution in [0.3, 0.4) is 0 Å². The van der Waals surface area contributed by atoms with Crippen LogP contribution in [0.15, 0.2) is 36.7 Å². The van der Waals surface area contributed by atoms with Gasteiger partial charge in [0.1, 0.15) is 0 Å². The highest BCUT2D eigenvalue weighted by Gasteiger charge is 2.21. The van der Waals surface area contributed by atoms with Gasteiger partial charge in [0.15, 0.2) is 5.78 Å². The predicted molar refractivity (Wildman–Crippen MR) is 78.1 cm³/mol. The average Bonchev–Trinajstić information content (AvgIpc) is 2.43. The van der Waals surface area contributed by atoms with Crippen molar-refractivity contribution in [2.75, 3.05) is 6.54 Å². The van der Waals surface area contributed by atoms with Crippen molar-refractivity contribution in [2.45, 2.75) is 20.3 Å². The number of Topliss-reactive ketones (excluding diaryl/α,β-unsaturated/α-hetero) is 1. The van der Waals surface area contributed by atoms with E-state index in [4.69, 9.17) is 5.73 Å². The molecule has 0 aliphatic rings. The maximum atomic E-state index is 12.6. The normalized spacial score (nSPS) is 12.8. The predicted octanol–water partition coefficient (Wildman–Crippen LogP) is 3.04. The lowest BCUT2D eigenvalue weighted by atomic mass is 9.88. The number of fused-ring (bicyclic) bond motifs is 1. The molecule has 0 radical (unpaired) electrons. The number of carbonyl (C=O) groups is 1. The molecule has 1 unspecified atom stereocenters. The second-order valence-electron chi connectivity index (χ2n) is 5.33. The summed E-state index contributed by atoms with van der Waals surface area (Å²) in [5.74, 6) is 0.492. The molecule has 1 atom stereocenters. The first-order valence-corrected chi connectivity index (χ1v) is 6.70. The van der Waals surface area contributed by atoms with Crippen LogP contribution in [-0.4, -0.2) is 17.3 Å².